The highest BCUT2D eigenvalue weighted by molar-refractivity contribution is 5.66. The molecule has 1 aliphatic heterocycles. The summed E-state index contributed by atoms with van der Waals surface area (Å²) in [6, 6.07) is 16.6. The molecule has 0 aromatic heterocycles. The molecule has 1 saturated heterocycles. The number of carboxylic acids is 1. The highest BCUT2D eigenvalue weighted by Crippen LogP contribution is 2.35. The van der Waals surface area contributed by atoms with E-state index < -0.39 is 5.97 Å². The molecule has 0 amide bonds. The van der Waals surface area contributed by atoms with Gasteiger partial charge in [-0.3, -0.25) is 9.69 Å². The molecule has 1 heterocycles. The minimum Gasteiger partial charge on any atom is -0.486 e. The molecule has 0 spiro atoms. The van der Waals surface area contributed by atoms with Gasteiger partial charge in [-0.2, -0.15) is 0 Å². The maximum atomic E-state index is 10.8. The summed E-state index contributed by atoms with van der Waals surface area (Å²) in [4.78, 5) is 12.9. The lowest BCUT2D eigenvalue weighted by Gasteiger charge is -2.32. The number of rotatable bonds is 6. The number of benzene rings is 2. The molecule has 2 atom stereocenters. The van der Waals surface area contributed by atoms with Crippen molar-refractivity contribution < 1.29 is 19.4 Å². The van der Waals surface area contributed by atoms with Crippen LogP contribution in [0.2, 0.25) is 0 Å². The molecule has 27 heavy (non-hydrogen) atoms. The second-order valence-electron chi connectivity index (χ2n) is 7.22. The number of hydrogen-bond acceptors (Lipinski definition) is 4. The Morgan fingerprint density at radius 1 is 1.19 bits per heavy atom. The summed E-state index contributed by atoms with van der Waals surface area (Å²) in [5.74, 6) is 0.118. The first-order chi connectivity index (χ1) is 13.2. The Balaban J connectivity index is 1.37. The second kappa shape index (κ2) is 8.11. The van der Waals surface area contributed by atoms with Crippen molar-refractivity contribution in [1.29, 1.82) is 0 Å². The van der Waals surface area contributed by atoms with Crippen LogP contribution in [0.5, 0.6) is 5.75 Å². The number of carbonyl (C=O) groups is 1. The maximum Gasteiger partial charge on any atom is 0.304 e. The van der Waals surface area contributed by atoms with Crippen molar-refractivity contribution >= 4 is 5.97 Å². The highest BCUT2D eigenvalue weighted by atomic mass is 16.5. The Morgan fingerprint density at radius 3 is 2.81 bits per heavy atom. The van der Waals surface area contributed by atoms with Gasteiger partial charge in [0.05, 0.1) is 19.1 Å². The third kappa shape index (κ3) is 4.31. The number of fused-ring (bicyclic) bond motifs is 1. The van der Waals surface area contributed by atoms with E-state index in [0.29, 0.717) is 13.2 Å². The Labute approximate surface area is 159 Å². The lowest BCUT2D eigenvalue weighted by atomic mass is 10.1. The summed E-state index contributed by atoms with van der Waals surface area (Å²) >= 11 is 0. The van der Waals surface area contributed by atoms with Crippen LogP contribution >= 0.6 is 0 Å². The zero-order valence-electron chi connectivity index (χ0n) is 15.3. The third-order valence-electron chi connectivity index (χ3n) is 5.40. The van der Waals surface area contributed by atoms with Gasteiger partial charge in [-0.15, -0.1) is 0 Å². The van der Waals surface area contributed by atoms with Gasteiger partial charge >= 0.3 is 5.97 Å². The Bertz CT molecular complexity index is 789. The molecule has 4 rings (SSSR count). The zero-order valence-corrected chi connectivity index (χ0v) is 15.3. The van der Waals surface area contributed by atoms with Crippen LogP contribution in [0.4, 0.5) is 0 Å². The summed E-state index contributed by atoms with van der Waals surface area (Å²) in [6.07, 6.45) is 2.37. The summed E-state index contributed by atoms with van der Waals surface area (Å²) < 4.78 is 12.1. The average molecular weight is 367 g/mol. The van der Waals surface area contributed by atoms with Gasteiger partial charge in [0.25, 0.3) is 0 Å². The Kier molecular flexibility index (Phi) is 5.41. The Hall–Kier alpha value is -2.37. The van der Waals surface area contributed by atoms with E-state index in [9.17, 15) is 4.79 Å². The lowest BCUT2D eigenvalue weighted by Crippen LogP contribution is -2.39. The van der Waals surface area contributed by atoms with Gasteiger partial charge in [0.15, 0.2) is 0 Å². The fourth-order valence-electron chi connectivity index (χ4n) is 3.93. The summed E-state index contributed by atoms with van der Waals surface area (Å²) in [7, 11) is 0. The van der Waals surface area contributed by atoms with Crippen molar-refractivity contribution in [3.63, 3.8) is 0 Å². The van der Waals surface area contributed by atoms with Crippen LogP contribution in [-0.4, -0.2) is 42.2 Å². The van der Waals surface area contributed by atoms with Crippen molar-refractivity contribution in [3.8, 4) is 5.75 Å². The third-order valence-corrected chi connectivity index (χ3v) is 5.40. The van der Waals surface area contributed by atoms with E-state index in [2.05, 4.69) is 41.3 Å². The molecule has 2 aromatic carbocycles. The fraction of sp³-hybridized carbons (Fsp3) is 0.409. The van der Waals surface area contributed by atoms with Crippen molar-refractivity contribution in [2.45, 2.75) is 31.5 Å². The monoisotopic (exact) mass is 367 g/mol. The van der Waals surface area contributed by atoms with Crippen molar-refractivity contribution in [2.24, 2.45) is 0 Å². The number of aryl methyl sites for hydroxylation is 1. The zero-order chi connectivity index (χ0) is 18.6. The van der Waals surface area contributed by atoms with E-state index in [1.165, 1.54) is 11.1 Å². The van der Waals surface area contributed by atoms with Gasteiger partial charge in [0, 0.05) is 19.6 Å². The molecule has 5 heteroatoms. The van der Waals surface area contributed by atoms with Crippen LogP contribution in [0, 0.1) is 0 Å². The largest absolute Gasteiger partial charge is 0.486 e. The Morgan fingerprint density at radius 2 is 2.00 bits per heavy atom. The van der Waals surface area contributed by atoms with Crippen LogP contribution < -0.4 is 4.74 Å². The van der Waals surface area contributed by atoms with Crippen molar-refractivity contribution in [1.82, 2.24) is 4.90 Å². The number of ether oxygens (including phenoxy) is 2. The van der Waals surface area contributed by atoms with E-state index in [1.807, 2.05) is 12.1 Å². The second-order valence-corrected chi connectivity index (χ2v) is 7.22. The standard InChI is InChI=1S/C22H25NO4/c24-22(25)11-12-23-13-14-26-21(15-23)17-5-8-18(9-6-17)27-20-10-7-16-3-1-2-4-19(16)20/h1-6,8-9,20-21H,7,10-15H2,(H,24,25). The van der Waals surface area contributed by atoms with Gasteiger partial charge in [-0.05, 0) is 41.7 Å². The predicted octanol–water partition coefficient (Wildman–Crippen LogP) is 3.60. The SMILES string of the molecule is O=C(O)CCN1CCOC(c2ccc(OC3CCc4ccccc43)cc2)C1. The normalized spacial score (nSPS) is 22.4. The lowest BCUT2D eigenvalue weighted by molar-refractivity contribution is -0.137. The highest BCUT2D eigenvalue weighted by Gasteiger charge is 2.24. The maximum absolute atomic E-state index is 10.8. The van der Waals surface area contributed by atoms with Gasteiger partial charge in [0.1, 0.15) is 11.9 Å². The van der Waals surface area contributed by atoms with E-state index in [-0.39, 0.29) is 18.6 Å². The molecule has 1 aliphatic carbocycles. The minimum absolute atomic E-state index is 0.0196. The molecule has 0 bridgehead atoms. The number of carboxylic acid groups (broad SMARTS) is 1. The smallest absolute Gasteiger partial charge is 0.304 e. The van der Waals surface area contributed by atoms with E-state index in [0.717, 1.165) is 37.2 Å². The number of aliphatic carboxylic acids is 1. The van der Waals surface area contributed by atoms with Crippen molar-refractivity contribution in [3.05, 3.63) is 65.2 Å². The quantitative estimate of drug-likeness (QED) is 0.845. The van der Waals surface area contributed by atoms with Crippen LogP contribution in [-0.2, 0) is 16.0 Å². The van der Waals surface area contributed by atoms with Crippen LogP contribution in [0.15, 0.2) is 48.5 Å². The number of hydrogen-bond donors (Lipinski definition) is 1. The molecule has 0 saturated carbocycles. The average Bonchev–Trinajstić information content (AvgIpc) is 3.10. The molecular formula is C22H25NO4. The molecule has 5 nitrogen and oxygen atoms in total. The van der Waals surface area contributed by atoms with E-state index >= 15 is 0 Å². The molecule has 2 aromatic rings. The van der Waals surface area contributed by atoms with E-state index in [1.54, 1.807) is 0 Å². The van der Waals surface area contributed by atoms with Gasteiger partial charge in [-0.1, -0.05) is 36.4 Å². The summed E-state index contributed by atoms with van der Waals surface area (Å²) in [5, 5.41) is 8.86. The first kappa shape index (κ1) is 18.0. The van der Waals surface area contributed by atoms with Crippen molar-refractivity contribution in [2.75, 3.05) is 26.2 Å². The molecule has 0 radical (unpaired) electrons. The molecule has 2 aliphatic rings. The van der Waals surface area contributed by atoms with Gasteiger partial charge in [-0.25, -0.2) is 0 Å². The topological polar surface area (TPSA) is 59.0 Å². The van der Waals surface area contributed by atoms with Crippen LogP contribution in [0.3, 0.4) is 0 Å². The summed E-state index contributed by atoms with van der Waals surface area (Å²) in [5.41, 5.74) is 3.79. The molecular weight excluding hydrogens is 342 g/mol. The first-order valence-corrected chi connectivity index (χ1v) is 9.59. The minimum atomic E-state index is -0.756. The van der Waals surface area contributed by atoms with Crippen LogP contribution in [0.25, 0.3) is 0 Å². The molecule has 2 unspecified atom stereocenters. The van der Waals surface area contributed by atoms with Gasteiger partial charge < -0.3 is 14.6 Å². The molecule has 1 N–H and O–H groups in total. The molecule has 142 valence electrons. The van der Waals surface area contributed by atoms with Gasteiger partial charge in [0.2, 0.25) is 0 Å². The number of nitrogens with zero attached hydrogens (tertiary/aromatic N) is 1. The summed E-state index contributed by atoms with van der Waals surface area (Å²) in [6.45, 7) is 2.70. The van der Waals surface area contributed by atoms with E-state index in [4.69, 9.17) is 14.6 Å². The van der Waals surface area contributed by atoms with Crippen LogP contribution in [0.1, 0.15) is 41.7 Å². The fourth-order valence-corrected chi connectivity index (χ4v) is 3.93. The predicted molar refractivity (Wildman–Crippen MR) is 102 cm³/mol. The number of morpholine rings is 1. The molecule has 1 fully saturated rings. The first-order valence-electron chi connectivity index (χ1n) is 9.59.